The summed E-state index contributed by atoms with van der Waals surface area (Å²) in [4.78, 5) is 12.9. The maximum atomic E-state index is 12.9. The first-order chi connectivity index (χ1) is 10.7. The van der Waals surface area contributed by atoms with Crippen molar-refractivity contribution in [3.63, 3.8) is 0 Å². The summed E-state index contributed by atoms with van der Waals surface area (Å²) in [5, 5.41) is 6.33. The highest BCUT2D eigenvalue weighted by Crippen LogP contribution is 2.29. The monoisotopic (exact) mass is 289 g/mol. The van der Waals surface area contributed by atoms with Gasteiger partial charge in [-0.2, -0.15) is 5.10 Å². The van der Waals surface area contributed by atoms with E-state index in [1.165, 1.54) is 0 Å². The van der Waals surface area contributed by atoms with E-state index in [0.29, 0.717) is 5.39 Å². The maximum absolute atomic E-state index is 12.9. The van der Waals surface area contributed by atoms with E-state index in [-0.39, 0.29) is 5.56 Å². The second kappa shape index (κ2) is 4.56. The Kier molecular flexibility index (Phi) is 2.66. The van der Waals surface area contributed by atoms with Crippen molar-refractivity contribution >= 4 is 21.8 Å². The summed E-state index contributed by atoms with van der Waals surface area (Å²) in [5.74, 6) is 0. The summed E-state index contributed by atoms with van der Waals surface area (Å²) in [6, 6.07) is 17.8. The zero-order valence-electron chi connectivity index (χ0n) is 12.4. The van der Waals surface area contributed by atoms with Crippen LogP contribution in [0.1, 0.15) is 0 Å². The number of pyridine rings is 1. The van der Waals surface area contributed by atoms with Crippen LogP contribution in [0.4, 0.5) is 0 Å². The van der Waals surface area contributed by atoms with Gasteiger partial charge in [-0.15, -0.1) is 0 Å². The molecule has 4 aromatic rings. The van der Waals surface area contributed by atoms with Crippen LogP contribution in [-0.4, -0.2) is 14.3 Å². The second-order valence-electron chi connectivity index (χ2n) is 5.44. The molecule has 0 N–H and O–H groups in total. The first-order valence-electron chi connectivity index (χ1n) is 7.18. The molecular formula is C18H15N3O. The minimum Gasteiger partial charge on any atom is -0.311 e. The number of benzene rings is 2. The molecule has 4 nitrogen and oxygen atoms in total. The van der Waals surface area contributed by atoms with Crippen molar-refractivity contribution in [1.82, 2.24) is 14.3 Å². The number of rotatable bonds is 1. The van der Waals surface area contributed by atoms with Crippen molar-refractivity contribution in [2.24, 2.45) is 14.1 Å². The quantitative estimate of drug-likeness (QED) is 0.540. The van der Waals surface area contributed by atoms with Gasteiger partial charge in [-0.25, -0.2) is 0 Å². The maximum Gasteiger partial charge on any atom is 0.262 e. The fourth-order valence-electron chi connectivity index (χ4n) is 3.08. The predicted octanol–water partition coefficient (Wildman–Crippen LogP) is 3.09. The van der Waals surface area contributed by atoms with Crippen LogP contribution in [0.3, 0.4) is 0 Å². The van der Waals surface area contributed by atoms with E-state index in [2.05, 4.69) is 5.10 Å². The number of hydrogen-bond acceptors (Lipinski definition) is 2. The first kappa shape index (κ1) is 12.8. The van der Waals surface area contributed by atoms with Crippen molar-refractivity contribution in [2.45, 2.75) is 0 Å². The Bertz CT molecular complexity index is 1060. The average Bonchev–Trinajstić information content (AvgIpc) is 2.91. The van der Waals surface area contributed by atoms with E-state index in [9.17, 15) is 4.79 Å². The molecular weight excluding hydrogens is 274 g/mol. The normalized spacial score (nSPS) is 11.4. The van der Waals surface area contributed by atoms with Crippen LogP contribution in [-0.2, 0) is 14.1 Å². The Hall–Kier alpha value is -2.88. The van der Waals surface area contributed by atoms with Crippen molar-refractivity contribution in [3.8, 4) is 11.3 Å². The topological polar surface area (TPSA) is 39.8 Å². The molecule has 0 amide bonds. The zero-order chi connectivity index (χ0) is 15.3. The van der Waals surface area contributed by atoms with Crippen molar-refractivity contribution in [3.05, 3.63) is 65.0 Å². The van der Waals surface area contributed by atoms with Crippen LogP contribution in [0.5, 0.6) is 0 Å². The van der Waals surface area contributed by atoms with Crippen LogP contribution >= 0.6 is 0 Å². The van der Waals surface area contributed by atoms with Gasteiger partial charge >= 0.3 is 0 Å². The fourth-order valence-corrected chi connectivity index (χ4v) is 3.08. The molecule has 0 saturated heterocycles. The molecule has 0 bridgehead atoms. The largest absolute Gasteiger partial charge is 0.311 e. The number of aryl methyl sites for hydroxylation is 2. The van der Waals surface area contributed by atoms with Crippen LogP contribution in [0.2, 0.25) is 0 Å². The highest BCUT2D eigenvalue weighted by atomic mass is 16.1. The van der Waals surface area contributed by atoms with Crippen LogP contribution in [0.15, 0.2) is 59.4 Å². The van der Waals surface area contributed by atoms with Gasteiger partial charge in [-0.3, -0.25) is 9.48 Å². The van der Waals surface area contributed by atoms with E-state index in [1.54, 1.807) is 9.25 Å². The number of nitrogens with zero attached hydrogens (tertiary/aromatic N) is 3. The van der Waals surface area contributed by atoms with E-state index >= 15 is 0 Å². The highest BCUT2D eigenvalue weighted by Gasteiger charge is 2.18. The third kappa shape index (κ3) is 1.64. The van der Waals surface area contributed by atoms with E-state index in [0.717, 1.165) is 27.7 Å². The fraction of sp³-hybridized carbons (Fsp3) is 0.111. The lowest BCUT2D eigenvalue weighted by Crippen LogP contribution is -2.17. The summed E-state index contributed by atoms with van der Waals surface area (Å²) in [6.07, 6.45) is 0. The predicted molar refractivity (Wildman–Crippen MR) is 88.9 cm³/mol. The third-order valence-electron chi connectivity index (χ3n) is 4.13. The van der Waals surface area contributed by atoms with E-state index < -0.39 is 0 Å². The van der Waals surface area contributed by atoms with Gasteiger partial charge in [0.05, 0.1) is 16.4 Å². The summed E-state index contributed by atoms with van der Waals surface area (Å²) in [6.45, 7) is 0. The molecule has 0 aliphatic rings. The SMILES string of the molecule is Cn1nc(-c2ccccc2)c2c(=O)n(C)c3ccccc3c21. The smallest absolute Gasteiger partial charge is 0.262 e. The molecule has 0 fully saturated rings. The first-order valence-corrected chi connectivity index (χ1v) is 7.18. The number of fused-ring (bicyclic) bond motifs is 3. The lowest BCUT2D eigenvalue weighted by atomic mass is 10.1. The van der Waals surface area contributed by atoms with Gasteiger partial charge in [0.25, 0.3) is 5.56 Å². The van der Waals surface area contributed by atoms with Crippen LogP contribution in [0, 0.1) is 0 Å². The molecule has 0 spiro atoms. The molecule has 0 saturated carbocycles. The molecule has 2 heterocycles. The highest BCUT2D eigenvalue weighted by molar-refractivity contribution is 6.08. The standard InChI is InChI=1S/C18H15N3O/c1-20-14-11-7-6-10-13(14)17-15(18(20)22)16(19-21(17)2)12-8-4-3-5-9-12/h3-11H,1-2H3. The summed E-state index contributed by atoms with van der Waals surface area (Å²) < 4.78 is 3.51. The van der Waals surface area contributed by atoms with Gasteiger partial charge in [0.2, 0.25) is 0 Å². The van der Waals surface area contributed by atoms with E-state index in [4.69, 9.17) is 0 Å². The third-order valence-corrected chi connectivity index (χ3v) is 4.13. The molecule has 4 rings (SSSR count). The molecule has 2 aromatic carbocycles. The Labute approximate surface area is 127 Å². The minimum atomic E-state index is -0.0133. The molecule has 0 unspecified atom stereocenters. The Balaban J connectivity index is 2.26. The van der Waals surface area contributed by atoms with Gasteiger partial charge in [-0.05, 0) is 6.07 Å². The van der Waals surface area contributed by atoms with Crippen molar-refractivity contribution < 1.29 is 0 Å². The molecule has 2 aromatic heterocycles. The minimum absolute atomic E-state index is 0.0133. The van der Waals surface area contributed by atoms with Gasteiger partial charge in [0.1, 0.15) is 5.69 Å². The summed E-state index contributed by atoms with van der Waals surface area (Å²) in [5.41, 5.74) is 3.49. The van der Waals surface area contributed by atoms with Gasteiger partial charge < -0.3 is 4.57 Å². The number of aromatic nitrogens is 3. The Morgan fingerprint density at radius 3 is 2.36 bits per heavy atom. The Morgan fingerprint density at radius 2 is 1.59 bits per heavy atom. The lowest BCUT2D eigenvalue weighted by Gasteiger charge is -2.07. The second-order valence-corrected chi connectivity index (χ2v) is 5.44. The molecule has 108 valence electrons. The number of para-hydroxylation sites is 1. The number of hydrogen-bond donors (Lipinski definition) is 0. The van der Waals surface area contributed by atoms with Gasteiger partial charge in [0, 0.05) is 25.0 Å². The van der Waals surface area contributed by atoms with E-state index in [1.807, 2.05) is 68.7 Å². The molecule has 0 aliphatic heterocycles. The molecule has 4 heteroatoms. The molecule has 0 radical (unpaired) electrons. The van der Waals surface area contributed by atoms with Crippen LogP contribution in [0.25, 0.3) is 33.1 Å². The van der Waals surface area contributed by atoms with Crippen molar-refractivity contribution in [2.75, 3.05) is 0 Å². The lowest BCUT2D eigenvalue weighted by molar-refractivity contribution is 0.802. The van der Waals surface area contributed by atoms with Gasteiger partial charge in [-0.1, -0.05) is 48.5 Å². The summed E-state index contributed by atoms with van der Waals surface area (Å²) in [7, 11) is 3.70. The van der Waals surface area contributed by atoms with Crippen LogP contribution < -0.4 is 5.56 Å². The Morgan fingerprint density at radius 1 is 0.909 bits per heavy atom. The molecule has 0 aliphatic carbocycles. The summed E-state index contributed by atoms with van der Waals surface area (Å²) >= 11 is 0. The van der Waals surface area contributed by atoms with Crippen molar-refractivity contribution in [1.29, 1.82) is 0 Å². The van der Waals surface area contributed by atoms with Gasteiger partial charge in [0.15, 0.2) is 0 Å². The zero-order valence-corrected chi connectivity index (χ0v) is 12.4. The average molecular weight is 289 g/mol. The molecule has 0 atom stereocenters. The molecule has 22 heavy (non-hydrogen) atoms.